The zero-order chi connectivity index (χ0) is 15.9. The smallest absolute Gasteiger partial charge is 0.309 e. The molecule has 0 spiro atoms. The number of pyridine rings is 1. The van der Waals surface area contributed by atoms with Gasteiger partial charge in [-0.1, -0.05) is 0 Å². The van der Waals surface area contributed by atoms with Gasteiger partial charge in [0.2, 0.25) is 0 Å². The van der Waals surface area contributed by atoms with E-state index < -0.39 is 17.3 Å². The summed E-state index contributed by atoms with van der Waals surface area (Å²) in [5.74, 6) is 0. The van der Waals surface area contributed by atoms with Gasteiger partial charge in [-0.2, -0.15) is 13.2 Å². The highest BCUT2D eigenvalue weighted by atomic mass is 32.1. The van der Waals surface area contributed by atoms with Crippen LogP contribution in [0.25, 0.3) is 4.96 Å². The lowest BCUT2D eigenvalue weighted by Crippen LogP contribution is -2.23. The van der Waals surface area contributed by atoms with Gasteiger partial charge in [0.1, 0.15) is 0 Å². The molecule has 3 aromatic rings. The van der Waals surface area contributed by atoms with Crippen molar-refractivity contribution < 1.29 is 13.2 Å². The fraction of sp³-hybridized carbons (Fsp3) is 0.154. The molecule has 0 saturated carbocycles. The average molecular weight is 327 g/mol. The third-order valence-corrected chi connectivity index (χ3v) is 3.76. The van der Waals surface area contributed by atoms with Crippen LogP contribution in [0.1, 0.15) is 11.3 Å². The topological polar surface area (TPSA) is 56.4 Å². The molecule has 0 saturated heterocycles. The number of rotatable bonds is 2. The number of nitrogens with zero attached hydrogens (tertiary/aromatic N) is 3. The predicted molar refractivity (Wildman–Crippen MR) is 74.1 cm³/mol. The molecule has 0 aromatic carbocycles. The van der Waals surface area contributed by atoms with E-state index in [9.17, 15) is 22.8 Å². The zero-order valence-corrected chi connectivity index (χ0v) is 11.7. The van der Waals surface area contributed by atoms with Gasteiger partial charge in [0, 0.05) is 29.9 Å². The third kappa shape index (κ3) is 2.67. The minimum Gasteiger partial charge on any atom is -0.309 e. The summed E-state index contributed by atoms with van der Waals surface area (Å²) in [7, 11) is 0. The monoisotopic (exact) mass is 327 g/mol. The Kier molecular flexibility index (Phi) is 3.36. The molecule has 3 rings (SSSR count). The van der Waals surface area contributed by atoms with Gasteiger partial charge in [0.15, 0.2) is 4.96 Å². The van der Waals surface area contributed by atoms with E-state index in [0.717, 1.165) is 22.9 Å². The van der Waals surface area contributed by atoms with Gasteiger partial charge in [-0.05, 0) is 6.07 Å². The van der Waals surface area contributed by atoms with Crippen LogP contribution in [0.3, 0.4) is 0 Å². The molecule has 0 radical (unpaired) electrons. The highest BCUT2D eigenvalue weighted by molar-refractivity contribution is 7.15. The Morgan fingerprint density at radius 3 is 2.68 bits per heavy atom. The van der Waals surface area contributed by atoms with E-state index in [-0.39, 0.29) is 17.8 Å². The summed E-state index contributed by atoms with van der Waals surface area (Å²) in [6, 6.07) is 2.77. The summed E-state index contributed by atoms with van der Waals surface area (Å²) in [5, 5.41) is 1.67. The molecule has 0 fully saturated rings. The van der Waals surface area contributed by atoms with Crippen molar-refractivity contribution in [2.75, 3.05) is 0 Å². The SMILES string of the molecule is O=c1ccc(C(F)(F)F)cn1Cc1cc(=O)n2ccsc2n1. The highest BCUT2D eigenvalue weighted by Crippen LogP contribution is 2.28. The van der Waals surface area contributed by atoms with E-state index >= 15 is 0 Å². The average Bonchev–Trinajstić information content (AvgIpc) is 2.89. The molecule has 0 unspecified atom stereocenters. The molecule has 5 nitrogen and oxygen atoms in total. The molecule has 0 amide bonds. The fourth-order valence-corrected chi connectivity index (χ4v) is 2.70. The standard InChI is InChI=1S/C13H8F3N3O2S/c14-13(15,16)8-1-2-10(20)18(6-8)7-9-5-11(21)19-3-4-22-12(19)17-9/h1-6H,7H2. The van der Waals surface area contributed by atoms with Crippen LogP contribution in [0.5, 0.6) is 0 Å². The largest absolute Gasteiger partial charge is 0.417 e. The van der Waals surface area contributed by atoms with Crippen molar-refractivity contribution in [3.8, 4) is 0 Å². The lowest BCUT2D eigenvalue weighted by atomic mass is 10.2. The molecular formula is C13H8F3N3O2S. The predicted octanol–water partition coefficient (Wildman–Crippen LogP) is 1.98. The van der Waals surface area contributed by atoms with Crippen LogP contribution in [0.2, 0.25) is 0 Å². The van der Waals surface area contributed by atoms with Crippen LogP contribution in [-0.4, -0.2) is 14.0 Å². The first kappa shape index (κ1) is 14.5. The van der Waals surface area contributed by atoms with Crippen molar-refractivity contribution in [3.63, 3.8) is 0 Å². The molecule has 3 aromatic heterocycles. The summed E-state index contributed by atoms with van der Waals surface area (Å²) in [4.78, 5) is 28.1. The summed E-state index contributed by atoms with van der Waals surface area (Å²) in [5.41, 5.74) is -1.64. The Balaban J connectivity index is 2.04. The van der Waals surface area contributed by atoms with Gasteiger partial charge in [-0.25, -0.2) is 4.98 Å². The fourth-order valence-electron chi connectivity index (χ4n) is 1.97. The molecule has 114 valence electrons. The number of aromatic nitrogens is 3. The summed E-state index contributed by atoms with van der Waals surface area (Å²) in [6.45, 7) is -0.202. The zero-order valence-electron chi connectivity index (χ0n) is 10.9. The van der Waals surface area contributed by atoms with Crippen LogP contribution in [-0.2, 0) is 12.7 Å². The Morgan fingerprint density at radius 1 is 1.18 bits per heavy atom. The van der Waals surface area contributed by atoms with Gasteiger partial charge >= 0.3 is 6.18 Å². The summed E-state index contributed by atoms with van der Waals surface area (Å²) in [6.07, 6.45) is -2.27. The first-order chi connectivity index (χ1) is 10.3. The molecular weight excluding hydrogens is 319 g/mol. The molecule has 9 heteroatoms. The summed E-state index contributed by atoms with van der Waals surface area (Å²) < 4.78 is 40.3. The molecule has 3 heterocycles. The maximum absolute atomic E-state index is 12.7. The van der Waals surface area contributed by atoms with Gasteiger partial charge < -0.3 is 4.57 Å². The minimum absolute atomic E-state index is 0.202. The second kappa shape index (κ2) is 5.09. The number of hydrogen-bond donors (Lipinski definition) is 0. The molecule has 0 aliphatic heterocycles. The number of thiazole rings is 1. The van der Waals surface area contributed by atoms with Crippen molar-refractivity contribution in [1.82, 2.24) is 14.0 Å². The Bertz CT molecular complexity index is 955. The Hall–Kier alpha value is -2.42. The van der Waals surface area contributed by atoms with Crippen molar-refractivity contribution in [2.24, 2.45) is 0 Å². The normalized spacial score (nSPS) is 12.0. The van der Waals surface area contributed by atoms with E-state index in [4.69, 9.17) is 0 Å². The first-order valence-electron chi connectivity index (χ1n) is 6.08. The van der Waals surface area contributed by atoms with E-state index in [1.807, 2.05) is 0 Å². The lowest BCUT2D eigenvalue weighted by Gasteiger charge is -2.10. The molecule has 0 bridgehead atoms. The lowest BCUT2D eigenvalue weighted by molar-refractivity contribution is -0.138. The number of fused-ring (bicyclic) bond motifs is 1. The Morgan fingerprint density at radius 2 is 1.95 bits per heavy atom. The molecule has 22 heavy (non-hydrogen) atoms. The van der Waals surface area contributed by atoms with Gasteiger partial charge in [0.05, 0.1) is 17.8 Å². The second-order valence-corrected chi connectivity index (χ2v) is 5.40. The van der Waals surface area contributed by atoms with Gasteiger partial charge in [-0.3, -0.25) is 14.0 Å². The molecule has 0 atom stereocenters. The van der Waals surface area contributed by atoms with E-state index in [1.54, 1.807) is 11.6 Å². The number of hydrogen-bond acceptors (Lipinski definition) is 4. The minimum atomic E-state index is -4.54. The Labute approximate surface area is 124 Å². The van der Waals surface area contributed by atoms with Crippen molar-refractivity contribution in [1.29, 1.82) is 0 Å². The van der Waals surface area contributed by atoms with Crippen molar-refractivity contribution >= 4 is 16.3 Å². The van der Waals surface area contributed by atoms with Crippen LogP contribution in [0.15, 0.2) is 45.6 Å². The van der Waals surface area contributed by atoms with Crippen molar-refractivity contribution in [2.45, 2.75) is 12.7 Å². The van der Waals surface area contributed by atoms with Crippen LogP contribution < -0.4 is 11.1 Å². The quantitative estimate of drug-likeness (QED) is 0.723. The number of halogens is 3. The van der Waals surface area contributed by atoms with Gasteiger partial charge in [-0.15, -0.1) is 11.3 Å². The van der Waals surface area contributed by atoms with Gasteiger partial charge in [0.25, 0.3) is 11.1 Å². The first-order valence-corrected chi connectivity index (χ1v) is 6.96. The highest BCUT2D eigenvalue weighted by Gasteiger charge is 2.31. The van der Waals surface area contributed by atoms with Crippen LogP contribution in [0, 0.1) is 0 Å². The van der Waals surface area contributed by atoms with E-state index in [2.05, 4.69) is 4.98 Å². The molecule has 0 aliphatic carbocycles. The molecule has 0 aliphatic rings. The van der Waals surface area contributed by atoms with Crippen LogP contribution in [0.4, 0.5) is 13.2 Å². The second-order valence-electron chi connectivity index (χ2n) is 4.52. The maximum atomic E-state index is 12.7. The maximum Gasteiger partial charge on any atom is 0.417 e. The summed E-state index contributed by atoms with van der Waals surface area (Å²) >= 11 is 1.22. The third-order valence-electron chi connectivity index (χ3n) is 3.00. The van der Waals surface area contributed by atoms with E-state index in [0.29, 0.717) is 4.96 Å². The van der Waals surface area contributed by atoms with Crippen molar-refractivity contribution in [3.05, 3.63) is 67.9 Å². The van der Waals surface area contributed by atoms with E-state index in [1.165, 1.54) is 21.8 Å². The molecule has 0 N–H and O–H groups in total. The number of alkyl halides is 3. The van der Waals surface area contributed by atoms with Crippen LogP contribution >= 0.6 is 11.3 Å².